The maximum absolute atomic E-state index is 13.0. The van der Waals surface area contributed by atoms with Gasteiger partial charge in [-0.05, 0) is 42.9 Å². The predicted molar refractivity (Wildman–Crippen MR) is 54.5 cm³/mol. The first-order valence-corrected chi connectivity index (χ1v) is 4.95. The summed E-state index contributed by atoms with van der Waals surface area (Å²) in [5, 5.41) is 0. The lowest BCUT2D eigenvalue weighted by Gasteiger charge is -2.13. The first-order chi connectivity index (χ1) is 6.19. The monoisotopic (exact) mass is 180 g/mol. The van der Waals surface area contributed by atoms with E-state index in [4.69, 9.17) is 0 Å². The lowest BCUT2D eigenvalue weighted by atomic mass is 9.93. The zero-order chi connectivity index (χ0) is 9.84. The summed E-state index contributed by atoms with van der Waals surface area (Å²) in [6.45, 7) is 6.17. The normalized spacial score (nSPS) is 10.8. The van der Waals surface area contributed by atoms with Crippen molar-refractivity contribution in [2.24, 2.45) is 0 Å². The second-order valence-electron chi connectivity index (χ2n) is 3.52. The van der Waals surface area contributed by atoms with Gasteiger partial charge in [0.15, 0.2) is 0 Å². The second-order valence-corrected chi connectivity index (χ2v) is 3.52. The minimum Gasteiger partial charge on any atom is -0.207 e. The largest absolute Gasteiger partial charge is 0.207 e. The summed E-state index contributed by atoms with van der Waals surface area (Å²) in [7, 11) is 0. The van der Waals surface area contributed by atoms with Gasteiger partial charge in [-0.1, -0.05) is 26.0 Å². The van der Waals surface area contributed by atoms with Crippen molar-refractivity contribution in [2.75, 3.05) is 0 Å². The Bertz CT molecular complexity index is 274. The van der Waals surface area contributed by atoms with Crippen LogP contribution in [-0.2, 0) is 0 Å². The molecule has 0 radical (unpaired) electrons. The summed E-state index contributed by atoms with van der Waals surface area (Å²) in [6.07, 6.45) is 2.25. The van der Waals surface area contributed by atoms with Gasteiger partial charge in [0.2, 0.25) is 0 Å². The topological polar surface area (TPSA) is 0 Å². The summed E-state index contributed by atoms with van der Waals surface area (Å²) >= 11 is 0. The highest BCUT2D eigenvalue weighted by Crippen LogP contribution is 2.24. The minimum atomic E-state index is -0.102. The molecule has 72 valence electrons. The molecule has 0 heterocycles. The molecular formula is C12H17F. The fourth-order valence-electron chi connectivity index (χ4n) is 1.68. The van der Waals surface area contributed by atoms with Gasteiger partial charge in [0.05, 0.1) is 0 Å². The first kappa shape index (κ1) is 10.2. The van der Waals surface area contributed by atoms with Crippen LogP contribution in [0.25, 0.3) is 0 Å². The zero-order valence-corrected chi connectivity index (χ0v) is 8.60. The van der Waals surface area contributed by atoms with Crippen LogP contribution in [0.15, 0.2) is 18.2 Å². The Morgan fingerprint density at radius 3 is 2.31 bits per heavy atom. The highest BCUT2D eigenvalue weighted by Gasteiger charge is 2.07. The third kappa shape index (κ3) is 2.30. The van der Waals surface area contributed by atoms with Crippen molar-refractivity contribution >= 4 is 0 Å². The Kier molecular flexibility index (Phi) is 3.47. The fourth-order valence-corrected chi connectivity index (χ4v) is 1.68. The Balaban J connectivity index is 2.95. The Hall–Kier alpha value is -0.850. The van der Waals surface area contributed by atoms with Crippen LogP contribution in [0.2, 0.25) is 0 Å². The van der Waals surface area contributed by atoms with Crippen molar-refractivity contribution in [1.82, 2.24) is 0 Å². The summed E-state index contributed by atoms with van der Waals surface area (Å²) < 4.78 is 13.0. The number of hydrogen-bond acceptors (Lipinski definition) is 0. The molecule has 0 aliphatic rings. The van der Waals surface area contributed by atoms with E-state index in [1.165, 1.54) is 5.56 Å². The van der Waals surface area contributed by atoms with Crippen LogP contribution in [0.4, 0.5) is 4.39 Å². The van der Waals surface area contributed by atoms with Gasteiger partial charge < -0.3 is 0 Å². The van der Waals surface area contributed by atoms with Crippen LogP contribution >= 0.6 is 0 Å². The Morgan fingerprint density at radius 2 is 1.85 bits per heavy atom. The molecule has 1 aromatic rings. The van der Waals surface area contributed by atoms with Gasteiger partial charge in [0.25, 0.3) is 0 Å². The maximum Gasteiger partial charge on any atom is 0.126 e. The third-order valence-electron chi connectivity index (χ3n) is 2.64. The number of benzene rings is 1. The number of aryl methyl sites for hydroxylation is 1. The SMILES string of the molecule is CCC(CC)c1ccc(F)c(C)c1. The predicted octanol–water partition coefficient (Wildman–Crippen LogP) is 4.04. The van der Waals surface area contributed by atoms with E-state index >= 15 is 0 Å². The summed E-state index contributed by atoms with van der Waals surface area (Å²) in [5.74, 6) is 0.481. The molecule has 0 saturated heterocycles. The van der Waals surface area contributed by atoms with Crippen LogP contribution in [0.3, 0.4) is 0 Å². The van der Waals surface area contributed by atoms with Crippen molar-refractivity contribution in [2.45, 2.75) is 39.5 Å². The van der Waals surface area contributed by atoms with Gasteiger partial charge in [0, 0.05) is 0 Å². The molecule has 0 nitrogen and oxygen atoms in total. The van der Waals surface area contributed by atoms with E-state index in [1.807, 2.05) is 19.1 Å². The van der Waals surface area contributed by atoms with Gasteiger partial charge in [-0.15, -0.1) is 0 Å². The molecule has 13 heavy (non-hydrogen) atoms. The molecule has 0 aliphatic heterocycles. The van der Waals surface area contributed by atoms with Gasteiger partial charge >= 0.3 is 0 Å². The van der Waals surface area contributed by atoms with Crippen molar-refractivity contribution in [1.29, 1.82) is 0 Å². The van der Waals surface area contributed by atoms with E-state index in [0.717, 1.165) is 18.4 Å². The van der Waals surface area contributed by atoms with Crippen molar-refractivity contribution < 1.29 is 4.39 Å². The lowest BCUT2D eigenvalue weighted by molar-refractivity contribution is 0.608. The fraction of sp³-hybridized carbons (Fsp3) is 0.500. The molecule has 0 unspecified atom stereocenters. The molecule has 0 fully saturated rings. The Labute approximate surface area is 79.8 Å². The average Bonchev–Trinajstić information content (AvgIpc) is 2.13. The van der Waals surface area contributed by atoms with E-state index < -0.39 is 0 Å². The van der Waals surface area contributed by atoms with E-state index in [9.17, 15) is 4.39 Å². The molecule has 0 aliphatic carbocycles. The smallest absolute Gasteiger partial charge is 0.126 e. The van der Waals surface area contributed by atoms with Crippen molar-refractivity contribution in [3.63, 3.8) is 0 Å². The molecule has 0 aromatic heterocycles. The van der Waals surface area contributed by atoms with Crippen LogP contribution in [0, 0.1) is 12.7 Å². The quantitative estimate of drug-likeness (QED) is 0.658. The average molecular weight is 180 g/mol. The van der Waals surface area contributed by atoms with Crippen LogP contribution in [0.1, 0.15) is 43.7 Å². The maximum atomic E-state index is 13.0. The molecule has 1 heteroatoms. The molecule has 1 aromatic carbocycles. The van der Waals surface area contributed by atoms with Gasteiger partial charge in [-0.2, -0.15) is 0 Å². The highest BCUT2D eigenvalue weighted by molar-refractivity contribution is 5.26. The summed E-state index contributed by atoms with van der Waals surface area (Å²) in [4.78, 5) is 0. The lowest BCUT2D eigenvalue weighted by Crippen LogP contribution is -1.96. The number of halogens is 1. The summed E-state index contributed by atoms with van der Waals surface area (Å²) in [5.41, 5.74) is 2.02. The van der Waals surface area contributed by atoms with Crippen LogP contribution in [-0.4, -0.2) is 0 Å². The van der Waals surface area contributed by atoms with Gasteiger partial charge in [0.1, 0.15) is 5.82 Å². The molecule has 1 rings (SSSR count). The standard InChI is InChI=1S/C12H17F/c1-4-10(5-2)11-6-7-12(13)9(3)8-11/h6-8,10H,4-5H2,1-3H3. The summed E-state index contributed by atoms with van der Waals surface area (Å²) in [6, 6.07) is 5.44. The van der Waals surface area contributed by atoms with Crippen LogP contribution in [0.5, 0.6) is 0 Å². The van der Waals surface area contributed by atoms with Crippen molar-refractivity contribution in [3.8, 4) is 0 Å². The Morgan fingerprint density at radius 1 is 1.23 bits per heavy atom. The highest BCUT2D eigenvalue weighted by atomic mass is 19.1. The first-order valence-electron chi connectivity index (χ1n) is 4.95. The van der Waals surface area contributed by atoms with E-state index in [-0.39, 0.29) is 5.82 Å². The van der Waals surface area contributed by atoms with Crippen LogP contribution < -0.4 is 0 Å². The van der Waals surface area contributed by atoms with Gasteiger partial charge in [-0.3, -0.25) is 0 Å². The molecule has 0 saturated carbocycles. The van der Waals surface area contributed by atoms with Gasteiger partial charge in [-0.25, -0.2) is 4.39 Å². The van der Waals surface area contributed by atoms with Crippen molar-refractivity contribution in [3.05, 3.63) is 35.1 Å². The molecule has 0 N–H and O–H groups in total. The molecule has 0 atom stereocenters. The third-order valence-corrected chi connectivity index (χ3v) is 2.64. The van der Waals surface area contributed by atoms with E-state index in [1.54, 1.807) is 6.07 Å². The molecule has 0 spiro atoms. The number of hydrogen-bond donors (Lipinski definition) is 0. The minimum absolute atomic E-state index is 0.102. The number of rotatable bonds is 3. The van der Waals surface area contributed by atoms with E-state index in [2.05, 4.69) is 13.8 Å². The molecule has 0 bridgehead atoms. The van der Waals surface area contributed by atoms with E-state index in [0.29, 0.717) is 5.92 Å². The molecule has 0 amide bonds. The zero-order valence-electron chi connectivity index (χ0n) is 8.60. The molecular weight excluding hydrogens is 163 g/mol. The second kappa shape index (κ2) is 4.40.